The third-order valence-electron chi connectivity index (χ3n) is 3.93. The van der Waals surface area contributed by atoms with Crippen LogP contribution in [0.4, 0.5) is 5.69 Å². The first kappa shape index (κ1) is 13.4. The largest absolute Gasteiger partial charge is 0.334 e. The Hall–Kier alpha value is -1.55. The molecule has 0 aliphatic carbocycles. The van der Waals surface area contributed by atoms with Crippen molar-refractivity contribution in [3.05, 3.63) is 36.7 Å². The lowest BCUT2D eigenvalue weighted by Gasteiger charge is -2.29. The molecular weight excluding hydrogens is 266 g/mol. The summed E-state index contributed by atoms with van der Waals surface area (Å²) >= 11 is 1.81. The summed E-state index contributed by atoms with van der Waals surface area (Å²) in [7, 11) is 0. The van der Waals surface area contributed by atoms with Gasteiger partial charge in [0.1, 0.15) is 0 Å². The number of hydrogen-bond acceptors (Lipinski definition) is 4. The first-order chi connectivity index (χ1) is 9.70. The summed E-state index contributed by atoms with van der Waals surface area (Å²) in [5.41, 5.74) is 1.19. The van der Waals surface area contributed by atoms with E-state index in [2.05, 4.69) is 42.3 Å². The fourth-order valence-electron chi connectivity index (χ4n) is 2.37. The second kappa shape index (κ2) is 5.44. The molecule has 3 rings (SSSR count). The van der Waals surface area contributed by atoms with Crippen molar-refractivity contribution in [2.75, 3.05) is 11.1 Å². The van der Waals surface area contributed by atoms with Crippen molar-refractivity contribution in [3.8, 4) is 0 Å². The van der Waals surface area contributed by atoms with Crippen LogP contribution in [0.3, 0.4) is 0 Å². The number of nitrogens with one attached hydrogen (secondary N) is 1. The molecule has 1 aliphatic heterocycles. The van der Waals surface area contributed by atoms with E-state index < -0.39 is 0 Å². The average Bonchev–Trinajstić information content (AvgIpc) is 2.48. The predicted molar refractivity (Wildman–Crippen MR) is 88.6 cm³/mol. The van der Waals surface area contributed by atoms with E-state index in [1.54, 1.807) is 0 Å². The number of aliphatic imine (C=N–C) groups is 1. The standard InChI is InChI=1S/C16H19N3S/c1-3-16(2)8-10-20-15(19-16)18-14-6-4-5-12-11-17-9-7-13(12)14/h4-7,9,11H,3,8,10H2,1-2H3,(H,18,19). The molecule has 1 N–H and O–H groups in total. The molecule has 2 aromatic rings. The second-order valence-electron chi connectivity index (χ2n) is 5.39. The van der Waals surface area contributed by atoms with Gasteiger partial charge in [-0.1, -0.05) is 30.8 Å². The summed E-state index contributed by atoms with van der Waals surface area (Å²) in [5, 5.41) is 6.87. The van der Waals surface area contributed by atoms with Crippen molar-refractivity contribution < 1.29 is 0 Å². The summed E-state index contributed by atoms with van der Waals surface area (Å²) in [6.45, 7) is 4.45. The third-order valence-corrected chi connectivity index (χ3v) is 4.81. The van der Waals surface area contributed by atoms with Gasteiger partial charge >= 0.3 is 0 Å². The first-order valence-corrected chi connectivity index (χ1v) is 8.01. The van der Waals surface area contributed by atoms with Gasteiger partial charge in [-0.25, -0.2) is 0 Å². The molecule has 1 atom stereocenters. The molecule has 0 fully saturated rings. The summed E-state index contributed by atoms with van der Waals surface area (Å²) in [5.74, 6) is 1.13. The maximum absolute atomic E-state index is 4.89. The monoisotopic (exact) mass is 285 g/mol. The molecule has 0 amide bonds. The maximum atomic E-state index is 4.89. The smallest absolute Gasteiger partial charge is 0.161 e. The molecule has 4 heteroatoms. The Kier molecular flexibility index (Phi) is 3.66. The zero-order valence-corrected chi connectivity index (χ0v) is 12.7. The lowest BCUT2D eigenvalue weighted by atomic mass is 9.97. The van der Waals surface area contributed by atoms with Gasteiger partial charge in [0.05, 0.1) is 5.54 Å². The van der Waals surface area contributed by atoms with Crippen LogP contribution in [-0.2, 0) is 0 Å². The Bertz CT molecular complexity index is 648. The number of pyridine rings is 1. The molecule has 3 nitrogen and oxygen atoms in total. The van der Waals surface area contributed by atoms with Crippen molar-refractivity contribution in [2.24, 2.45) is 4.99 Å². The molecule has 0 radical (unpaired) electrons. The van der Waals surface area contributed by atoms with Crippen molar-refractivity contribution in [1.82, 2.24) is 4.98 Å². The van der Waals surface area contributed by atoms with Crippen LogP contribution in [0.1, 0.15) is 26.7 Å². The minimum absolute atomic E-state index is 0.0831. The molecular formula is C16H19N3S. The van der Waals surface area contributed by atoms with Gasteiger partial charge in [-0.2, -0.15) is 0 Å². The minimum atomic E-state index is 0.0831. The fourth-order valence-corrected chi connectivity index (χ4v) is 3.57. The van der Waals surface area contributed by atoms with Crippen LogP contribution >= 0.6 is 11.8 Å². The molecule has 1 unspecified atom stereocenters. The van der Waals surface area contributed by atoms with Gasteiger partial charge in [0.2, 0.25) is 0 Å². The summed E-state index contributed by atoms with van der Waals surface area (Å²) in [4.78, 5) is 9.06. The van der Waals surface area contributed by atoms with E-state index in [9.17, 15) is 0 Å². The fraction of sp³-hybridized carbons (Fsp3) is 0.375. The van der Waals surface area contributed by atoms with E-state index >= 15 is 0 Å². The van der Waals surface area contributed by atoms with Crippen molar-refractivity contribution in [1.29, 1.82) is 0 Å². The molecule has 20 heavy (non-hydrogen) atoms. The number of amidine groups is 1. The molecule has 0 bridgehead atoms. The number of fused-ring (bicyclic) bond motifs is 1. The number of aromatic nitrogens is 1. The zero-order valence-electron chi connectivity index (χ0n) is 11.9. The third kappa shape index (κ3) is 2.66. The SMILES string of the molecule is CCC1(C)CCSC(Nc2cccc3cnccc23)=N1. The first-order valence-electron chi connectivity index (χ1n) is 7.03. The van der Waals surface area contributed by atoms with Gasteiger partial charge in [0.15, 0.2) is 5.17 Å². The quantitative estimate of drug-likeness (QED) is 0.893. The van der Waals surface area contributed by atoms with Crippen molar-refractivity contribution in [2.45, 2.75) is 32.2 Å². The average molecular weight is 285 g/mol. The molecule has 2 heterocycles. The van der Waals surface area contributed by atoms with Crippen LogP contribution < -0.4 is 5.32 Å². The van der Waals surface area contributed by atoms with E-state index in [0.29, 0.717) is 0 Å². The van der Waals surface area contributed by atoms with Crippen molar-refractivity contribution >= 4 is 33.4 Å². The van der Waals surface area contributed by atoms with E-state index in [-0.39, 0.29) is 5.54 Å². The highest BCUT2D eigenvalue weighted by atomic mass is 32.2. The lowest BCUT2D eigenvalue weighted by molar-refractivity contribution is 0.443. The highest BCUT2D eigenvalue weighted by Crippen LogP contribution is 2.31. The van der Waals surface area contributed by atoms with E-state index in [0.717, 1.165) is 34.8 Å². The predicted octanol–water partition coefficient (Wildman–Crippen LogP) is 4.31. The van der Waals surface area contributed by atoms with Gasteiger partial charge in [0, 0.05) is 34.6 Å². The molecule has 1 aliphatic rings. The number of anilines is 1. The highest BCUT2D eigenvalue weighted by Gasteiger charge is 2.26. The van der Waals surface area contributed by atoms with Gasteiger partial charge in [0.25, 0.3) is 0 Å². The van der Waals surface area contributed by atoms with Gasteiger partial charge < -0.3 is 5.32 Å². The van der Waals surface area contributed by atoms with E-state index in [1.807, 2.05) is 30.2 Å². The normalized spacial score (nSPS) is 22.6. The molecule has 0 saturated heterocycles. The number of benzene rings is 1. The van der Waals surface area contributed by atoms with Crippen LogP contribution in [0.5, 0.6) is 0 Å². The van der Waals surface area contributed by atoms with E-state index in [1.165, 1.54) is 5.39 Å². The van der Waals surface area contributed by atoms with Gasteiger partial charge in [-0.3, -0.25) is 9.98 Å². The summed E-state index contributed by atoms with van der Waals surface area (Å²) < 4.78 is 0. The number of thioether (sulfide) groups is 1. The number of hydrogen-bond donors (Lipinski definition) is 1. The maximum Gasteiger partial charge on any atom is 0.161 e. The summed E-state index contributed by atoms with van der Waals surface area (Å²) in [6.07, 6.45) is 5.96. The number of rotatable bonds is 2. The molecule has 0 spiro atoms. The lowest BCUT2D eigenvalue weighted by Crippen LogP contribution is -2.29. The molecule has 104 valence electrons. The minimum Gasteiger partial charge on any atom is -0.334 e. The molecule has 0 saturated carbocycles. The molecule has 1 aromatic heterocycles. The zero-order chi connectivity index (χ0) is 14.0. The Labute approximate surface area is 123 Å². The van der Waals surface area contributed by atoms with Gasteiger partial charge in [-0.15, -0.1) is 0 Å². The highest BCUT2D eigenvalue weighted by molar-refractivity contribution is 8.14. The van der Waals surface area contributed by atoms with E-state index in [4.69, 9.17) is 4.99 Å². The Morgan fingerprint density at radius 3 is 3.10 bits per heavy atom. The van der Waals surface area contributed by atoms with Gasteiger partial charge in [-0.05, 0) is 31.9 Å². The van der Waals surface area contributed by atoms with Crippen LogP contribution in [0.2, 0.25) is 0 Å². The van der Waals surface area contributed by atoms with Crippen LogP contribution in [0, 0.1) is 0 Å². The topological polar surface area (TPSA) is 37.3 Å². The van der Waals surface area contributed by atoms with Crippen LogP contribution in [-0.4, -0.2) is 21.4 Å². The summed E-state index contributed by atoms with van der Waals surface area (Å²) in [6, 6.07) is 8.28. The van der Waals surface area contributed by atoms with Crippen molar-refractivity contribution in [3.63, 3.8) is 0 Å². The van der Waals surface area contributed by atoms with Crippen LogP contribution in [0.15, 0.2) is 41.7 Å². The Balaban J connectivity index is 1.94. The molecule has 1 aromatic carbocycles. The van der Waals surface area contributed by atoms with Crippen LogP contribution in [0.25, 0.3) is 10.8 Å². The Morgan fingerprint density at radius 1 is 1.35 bits per heavy atom. The second-order valence-corrected chi connectivity index (χ2v) is 6.48. The Morgan fingerprint density at radius 2 is 2.25 bits per heavy atom. The number of nitrogens with zero attached hydrogens (tertiary/aromatic N) is 2.